The highest BCUT2D eigenvalue weighted by atomic mass is 16.5. The molecule has 1 amide bonds. The molecule has 4 saturated carbocycles. The van der Waals surface area contributed by atoms with Gasteiger partial charge in [-0.15, -0.1) is 0 Å². The molecule has 0 aliphatic heterocycles. The van der Waals surface area contributed by atoms with Gasteiger partial charge in [0.25, 0.3) is 5.91 Å². The van der Waals surface area contributed by atoms with Crippen molar-refractivity contribution < 1.29 is 14.3 Å². The van der Waals surface area contributed by atoms with E-state index in [9.17, 15) is 14.9 Å². The van der Waals surface area contributed by atoms with E-state index >= 15 is 0 Å². The number of carbonyl (C=O) groups is 2. The Morgan fingerprint density at radius 2 is 1.70 bits per heavy atom. The highest BCUT2D eigenvalue weighted by Gasteiger charge is 2.51. The number of nitrogens with zero attached hydrogens (tertiary/aromatic N) is 1. The van der Waals surface area contributed by atoms with Gasteiger partial charge in [0.2, 0.25) is 0 Å². The van der Waals surface area contributed by atoms with Crippen molar-refractivity contribution >= 4 is 18.0 Å². The molecule has 1 N–H and O–H groups in total. The van der Waals surface area contributed by atoms with E-state index in [2.05, 4.69) is 19.2 Å². The Kier molecular flexibility index (Phi) is 5.69. The smallest absolute Gasteiger partial charge is 0.349 e. The summed E-state index contributed by atoms with van der Waals surface area (Å²) in [5.41, 5.74) is 1.74. The lowest BCUT2D eigenvalue weighted by molar-refractivity contribution is -0.146. The van der Waals surface area contributed by atoms with Gasteiger partial charge >= 0.3 is 5.97 Å². The monoisotopic (exact) mass is 406 g/mol. The number of hydrogen-bond donors (Lipinski definition) is 1. The first-order valence-electron chi connectivity index (χ1n) is 11.1. The van der Waals surface area contributed by atoms with Gasteiger partial charge in [-0.25, -0.2) is 4.79 Å². The first-order chi connectivity index (χ1) is 14.4. The van der Waals surface area contributed by atoms with Crippen LogP contribution in [0.2, 0.25) is 0 Å². The van der Waals surface area contributed by atoms with Crippen LogP contribution in [0.1, 0.15) is 69.4 Å². The van der Waals surface area contributed by atoms with Gasteiger partial charge < -0.3 is 10.1 Å². The number of ether oxygens (including phenoxy) is 1. The zero-order valence-corrected chi connectivity index (χ0v) is 17.8. The molecule has 0 radical (unpaired) electrons. The number of esters is 1. The largest absolute Gasteiger partial charge is 0.451 e. The van der Waals surface area contributed by atoms with Crippen LogP contribution in [0.15, 0.2) is 29.8 Å². The summed E-state index contributed by atoms with van der Waals surface area (Å²) in [6.07, 6.45) is 8.57. The lowest BCUT2D eigenvalue weighted by Crippen LogP contribution is -2.60. The topological polar surface area (TPSA) is 79.2 Å². The summed E-state index contributed by atoms with van der Waals surface area (Å²) in [7, 11) is 0. The lowest BCUT2D eigenvalue weighted by Gasteiger charge is -2.56. The molecule has 1 aromatic carbocycles. The summed E-state index contributed by atoms with van der Waals surface area (Å²) in [6.45, 7) is 3.88. The van der Waals surface area contributed by atoms with Crippen LogP contribution >= 0.6 is 0 Å². The van der Waals surface area contributed by atoms with Crippen molar-refractivity contribution in [3.8, 4) is 6.07 Å². The predicted octanol–water partition coefficient (Wildman–Crippen LogP) is 4.35. The van der Waals surface area contributed by atoms with E-state index in [0.29, 0.717) is 5.92 Å². The Hall–Kier alpha value is -2.61. The molecule has 4 aliphatic rings. The molecule has 0 aromatic heterocycles. The van der Waals surface area contributed by atoms with Crippen LogP contribution in [-0.4, -0.2) is 24.0 Å². The van der Waals surface area contributed by atoms with Crippen molar-refractivity contribution in [2.75, 3.05) is 6.61 Å². The molecule has 0 spiro atoms. The lowest BCUT2D eigenvalue weighted by atomic mass is 9.53. The molecule has 0 heterocycles. The van der Waals surface area contributed by atoms with E-state index in [4.69, 9.17) is 4.74 Å². The SMILES string of the molecule is CC(C)c1ccc(/C=C(\C#N)C(=O)OCC(=O)NC23CC4CC(CC(C4)C2)C3)cc1. The molecular formula is C25H30N2O3. The van der Waals surface area contributed by atoms with Gasteiger partial charge in [0, 0.05) is 5.54 Å². The first-order valence-corrected chi connectivity index (χ1v) is 11.1. The first kappa shape index (κ1) is 20.7. The van der Waals surface area contributed by atoms with Crippen molar-refractivity contribution in [3.63, 3.8) is 0 Å². The average Bonchev–Trinajstić information content (AvgIpc) is 2.69. The van der Waals surface area contributed by atoms with E-state index < -0.39 is 5.97 Å². The van der Waals surface area contributed by atoms with E-state index in [1.807, 2.05) is 30.3 Å². The maximum absolute atomic E-state index is 12.5. The second-order valence-electron chi connectivity index (χ2n) is 9.81. The van der Waals surface area contributed by atoms with Crippen LogP contribution < -0.4 is 5.32 Å². The van der Waals surface area contributed by atoms with E-state index in [1.54, 1.807) is 0 Å². The number of amides is 1. The maximum atomic E-state index is 12.5. The molecule has 5 rings (SSSR count). The molecule has 5 nitrogen and oxygen atoms in total. The normalized spacial score (nSPS) is 29.5. The summed E-state index contributed by atoms with van der Waals surface area (Å²) in [5, 5.41) is 12.5. The zero-order chi connectivity index (χ0) is 21.3. The van der Waals surface area contributed by atoms with Crippen molar-refractivity contribution in [2.45, 2.75) is 63.8 Å². The van der Waals surface area contributed by atoms with Crippen molar-refractivity contribution in [1.29, 1.82) is 5.26 Å². The Bertz CT molecular complexity index is 857. The minimum Gasteiger partial charge on any atom is -0.451 e. The fourth-order valence-electron chi connectivity index (χ4n) is 6.09. The third-order valence-corrected chi connectivity index (χ3v) is 7.03. The number of nitriles is 1. The van der Waals surface area contributed by atoms with E-state index in [1.165, 1.54) is 30.9 Å². The van der Waals surface area contributed by atoms with Gasteiger partial charge in [-0.3, -0.25) is 4.79 Å². The van der Waals surface area contributed by atoms with Gasteiger partial charge in [-0.1, -0.05) is 38.1 Å². The van der Waals surface area contributed by atoms with Gasteiger partial charge in [0.1, 0.15) is 11.6 Å². The second-order valence-corrected chi connectivity index (χ2v) is 9.81. The van der Waals surface area contributed by atoms with Crippen LogP contribution in [0.25, 0.3) is 6.08 Å². The van der Waals surface area contributed by atoms with Crippen molar-refractivity contribution in [2.24, 2.45) is 17.8 Å². The number of nitrogens with one attached hydrogen (secondary N) is 1. The minimum atomic E-state index is -0.758. The van der Waals surface area contributed by atoms with Crippen LogP contribution in [0.5, 0.6) is 0 Å². The highest BCUT2D eigenvalue weighted by molar-refractivity contribution is 5.98. The summed E-state index contributed by atoms with van der Waals surface area (Å²) < 4.78 is 5.16. The van der Waals surface area contributed by atoms with Gasteiger partial charge in [-0.2, -0.15) is 5.26 Å². The van der Waals surface area contributed by atoms with Gasteiger partial charge in [-0.05, 0) is 79.4 Å². The fourth-order valence-corrected chi connectivity index (χ4v) is 6.09. The van der Waals surface area contributed by atoms with Gasteiger partial charge in [0.15, 0.2) is 6.61 Å². The Labute approximate surface area is 178 Å². The third kappa shape index (κ3) is 4.43. The fraction of sp³-hybridized carbons (Fsp3) is 0.560. The summed E-state index contributed by atoms with van der Waals surface area (Å²) in [4.78, 5) is 24.8. The van der Waals surface area contributed by atoms with Crippen LogP contribution in [0, 0.1) is 29.1 Å². The van der Waals surface area contributed by atoms with Crippen molar-refractivity contribution in [3.05, 3.63) is 41.0 Å². The molecular weight excluding hydrogens is 376 g/mol. The Morgan fingerprint density at radius 3 is 2.20 bits per heavy atom. The Morgan fingerprint density at radius 1 is 1.13 bits per heavy atom. The Balaban J connectivity index is 1.33. The van der Waals surface area contributed by atoms with E-state index in [0.717, 1.165) is 42.6 Å². The number of hydrogen-bond acceptors (Lipinski definition) is 4. The molecule has 5 heteroatoms. The summed E-state index contributed by atoms with van der Waals surface area (Å²) in [5.74, 6) is 1.59. The molecule has 0 atom stereocenters. The molecule has 4 fully saturated rings. The summed E-state index contributed by atoms with van der Waals surface area (Å²) >= 11 is 0. The minimum absolute atomic E-state index is 0.102. The molecule has 4 aliphatic carbocycles. The highest BCUT2D eigenvalue weighted by Crippen LogP contribution is 2.55. The van der Waals surface area contributed by atoms with Crippen molar-refractivity contribution in [1.82, 2.24) is 5.32 Å². The molecule has 158 valence electrons. The molecule has 1 aromatic rings. The standard InChI is InChI=1S/C25H30N2O3/c1-16(2)21-5-3-17(4-6-21)10-22(14-26)24(29)30-15-23(28)27-25-11-18-7-19(12-25)9-20(8-18)13-25/h3-6,10,16,18-20H,7-9,11-13,15H2,1-2H3,(H,27,28)/b22-10+. The van der Waals surface area contributed by atoms with Crippen LogP contribution in [-0.2, 0) is 14.3 Å². The number of rotatable bonds is 6. The number of carbonyl (C=O) groups excluding carboxylic acids is 2. The summed E-state index contributed by atoms with van der Waals surface area (Å²) in [6, 6.07) is 9.61. The predicted molar refractivity (Wildman–Crippen MR) is 114 cm³/mol. The molecule has 0 unspecified atom stereocenters. The zero-order valence-electron chi connectivity index (χ0n) is 17.8. The molecule has 30 heavy (non-hydrogen) atoms. The molecule has 4 bridgehead atoms. The maximum Gasteiger partial charge on any atom is 0.349 e. The second kappa shape index (κ2) is 8.26. The quantitative estimate of drug-likeness (QED) is 0.433. The molecule has 0 saturated heterocycles. The van der Waals surface area contributed by atoms with Gasteiger partial charge in [0.05, 0.1) is 0 Å². The van der Waals surface area contributed by atoms with E-state index in [-0.39, 0.29) is 23.6 Å². The van der Waals surface area contributed by atoms with Crippen LogP contribution in [0.4, 0.5) is 0 Å². The number of benzene rings is 1. The third-order valence-electron chi connectivity index (χ3n) is 7.03. The average molecular weight is 407 g/mol. The van der Waals surface area contributed by atoms with Crippen LogP contribution in [0.3, 0.4) is 0 Å².